The van der Waals surface area contributed by atoms with Crippen LogP contribution in [0.5, 0.6) is 5.75 Å². The standard InChI is InChI=1S/C14H15FN2O2/c15-10-6-13-12(17-14(18)8-19-13)7-11(10)16-9-4-2-1-3-5-9/h6-7H,1-5,8H2,(H,17,18). The van der Waals surface area contributed by atoms with Gasteiger partial charge in [-0.05, 0) is 31.7 Å². The summed E-state index contributed by atoms with van der Waals surface area (Å²) in [5.41, 5.74) is 1.81. The van der Waals surface area contributed by atoms with Crippen LogP contribution >= 0.6 is 0 Å². The molecule has 0 bridgehead atoms. The highest BCUT2D eigenvalue weighted by Gasteiger charge is 2.19. The number of fused-ring (bicyclic) bond motifs is 1. The van der Waals surface area contributed by atoms with Crippen LogP contribution in [0.3, 0.4) is 0 Å². The highest BCUT2D eigenvalue weighted by atomic mass is 19.1. The Labute approximate surface area is 110 Å². The van der Waals surface area contributed by atoms with Crippen molar-refractivity contribution >= 4 is 23.0 Å². The van der Waals surface area contributed by atoms with Crippen molar-refractivity contribution in [2.24, 2.45) is 4.99 Å². The summed E-state index contributed by atoms with van der Waals surface area (Å²) in [6, 6.07) is 2.83. The van der Waals surface area contributed by atoms with Crippen LogP contribution in [0.1, 0.15) is 32.1 Å². The van der Waals surface area contributed by atoms with Crippen molar-refractivity contribution in [3.05, 3.63) is 17.9 Å². The van der Waals surface area contributed by atoms with Crippen LogP contribution in [-0.4, -0.2) is 18.2 Å². The van der Waals surface area contributed by atoms with E-state index >= 15 is 0 Å². The predicted molar refractivity (Wildman–Crippen MR) is 70.7 cm³/mol. The smallest absolute Gasteiger partial charge is 0.262 e. The van der Waals surface area contributed by atoms with Gasteiger partial charge in [-0.3, -0.25) is 9.79 Å². The van der Waals surface area contributed by atoms with Crippen molar-refractivity contribution in [2.45, 2.75) is 32.1 Å². The molecule has 0 unspecified atom stereocenters. The number of carbonyl (C=O) groups excluding carboxylic acids is 1. The maximum atomic E-state index is 13.9. The second-order valence-corrected chi connectivity index (χ2v) is 4.88. The maximum absolute atomic E-state index is 13.9. The predicted octanol–water partition coefficient (Wildman–Crippen LogP) is 3.19. The van der Waals surface area contributed by atoms with Gasteiger partial charge in [0.1, 0.15) is 11.4 Å². The van der Waals surface area contributed by atoms with Crippen LogP contribution in [-0.2, 0) is 4.79 Å². The SMILES string of the molecule is O=C1COc2cc(F)c(N=C3CCCCC3)cc2N1. The Hall–Kier alpha value is -1.91. The van der Waals surface area contributed by atoms with Crippen molar-refractivity contribution in [3.8, 4) is 5.75 Å². The quantitative estimate of drug-likeness (QED) is 0.845. The number of amides is 1. The average molecular weight is 262 g/mol. The number of ether oxygens (including phenoxy) is 1. The molecule has 1 N–H and O–H groups in total. The molecule has 1 aliphatic carbocycles. The van der Waals surface area contributed by atoms with Crippen LogP contribution in [0.15, 0.2) is 17.1 Å². The molecule has 5 heteroatoms. The van der Waals surface area contributed by atoms with E-state index in [2.05, 4.69) is 10.3 Å². The molecule has 100 valence electrons. The van der Waals surface area contributed by atoms with Crippen LogP contribution in [0.25, 0.3) is 0 Å². The van der Waals surface area contributed by atoms with Gasteiger partial charge in [-0.25, -0.2) is 4.39 Å². The zero-order chi connectivity index (χ0) is 13.2. The van der Waals surface area contributed by atoms with Crippen molar-refractivity contribution in [2.75, 3.05) is 11.9 Å². The van der Waals surface area contributed by atoms with Gasteiger partial charge < -0.3 is 10.1 Å². The number of aliphatic imine (C=N–C) groups is 1. The van der Waals surface area contributed by atoms with Crippen molar-refractivity contribution in [3.63, 3.8) is 0 Å². The van der Waals surface area contributed by atoms with Crippen LogP contribution in [0.2, 0.25) is 0 Å². The summed E-state index contributed by atoms with van der Waals surface area (Å²) < 4.78 is 19.1. The third kappa shape index (κ3) is 2.59. The molecule has 1 saturated carbocycles. The monoisotopic (exact) mass is 262 g/mol. The fourth-order valence-electron chi connectivity index (χ4n) is 2.42. The lowest BCUT2D eigenvalue weighted by molar-refractivity contribution is -0.118. The van der Waals surface area contributed by atoms with E-state index in [0.29, 0.717) is 11.4 Å². The van der Waals surface area contributed by atoms with E-state index in [-0.39, 0.29) is 18.2 Å². The minimum atomic E-state index is -0.409. The third-order valence-corrected chi connectivity index (χ3v) is 3.39. The molecule has 1 heterocycles. The molecule has 0 saturated heterocycles. The number of benzene rings is 1. The molecule has 3 rings (SSSR count). The molecule has 1 aromatic rings. The molecule has 0 spiro atoms. The Bertz CT molecular complexity index is 547. The minimum absolute atomic E-state index is 0.0691. The molecule has 0 radical (unpaired) electrons. The summed E-state index contributed by atoms with van der Waals surface area (Å²) in [4.78, 5) is 15.6. The van der Waals surface area contributed by atoms with Gasteiger partial charge in [0.2, 0.25) is 0 Å². The van der Waals surface area contributed by atoms with Crippen molar-refractivity contribution in [1.82, 2.24) is 0 Å². The molecule has 4 nitrogen and oxygen atoms in total. The summed E-state index contributed by atoms with van der Waals surface area (Å²) in [6.45, 7) is -0.0691. The Morgan fingerprint density at radius 2 is 2.00 bits per heavy atom. The molecular weight excluding hydrogens is 247 g/mol. The Kier molecular flexibility index (Phi) is 3.19. The van der Waals surface area contributed by atoms with Crippen LogP contribution in [0.4, 0.5) is 15.8 Å². The molecule has 1 amide bonds. The normalized spacial score (nSPS) is 18.4. The van der Waals surface area contributed by atoms with E-state index in [1.807, 2.05) is 0 Å². The summed E-state index contributed by atoms with van der Waals surface area (Å²) in [6.07, 6.45) is 5.31. The van der Waals surface area contributed by atoms with E-state index in [9.17, 15) is 9.18 Å². The lowest BCUT2D eigenvalue weighted by atomic mass is 9.98. The van der Waals surface area contributed by atoms with Gasteiger partial charge in [0.25, 0.3) is 5.91 Å². The molecule has 1 aliphatic heterocycles. The van der Waals surface area contributed by atoms with E-state index in [1.54, 1.807) is 6.07 Å². The van der Waals surface area contributed by atoms with E-state index in [4.69, 9.17) is 4.74 Å². The number of nitrogens with zero attached hydrogens (tertiary/aromatic N) is 1. The number of hydrogen-bond donors (Lipinski definition) is 1. The molecule has 19 heavy (non-hydrogen) atoms. The second-order valence-electron chi connectivity index (χ2n) is 4.88. The molecular formula is C14H15FN2O2. The third-order valence-electron chi connectivity index (χ3n) is 3.39. The number of nitrogens with one attached hydrogen (secondary N) is 1. The fourth-order valence-corrected chi connectivity index (χ4v) is 2.42. The van der Waals surface area contributed by atoms with E-state index in [1.165, 1.54) is 12.5 Å². The van der Waals surface area contributed by atoms with Crippen LogP contribution in [0, 0.1) is 5.82 Å². The maximum Gasteiger partial charge on any atom is 0.262 e. The molecule has 2 aliphatic rings. The highest BCUT2D eigenvalue weighted by molar-refractivity contribution is 5.96. The number of carbonyl (C=O) groups is 1. The molecule has 1 fully saturated rings. The number of hydrogen-bond acceptors (Lipinski definition) is 3. The van der Waals surface area contributed by atoms with Gasteiger partial charge in [-0.1, -0.05) is 6.42 Å². The minimum Gasteiger partial charge on any atom is -0.481 e. The highest BCUT2D eigenvalue weighted by Crippen LogP contribution is 2.34. The van der Waals surface area contributed by atoms with Gasteiger partial charge >= 0.3 is 0 Å². The fraction of sp³-hybridized carbons (Fsp3) is 0.429. The largest absolute Gasteiger partial charge is 0.481 e. The molecule has 1 aromatic carbocycles. The van der Waals surface area contributed by atoms with E-state index < -0.39 is 5.82 Å². The van der Waals surface area contributed by atoms with Crippen molar-refractivity contribution < 1.29 is 13.9 Å². The number of halogens is 1. The lowest BCUT2D eigenvalue weighted by Crippen LogP contribution is -2.25. The average Bonchev–Trinajstić information content (AvgIpc) is 2.41. The molecule has 0 atom stereocenters. The first kappa shape index (κ1) is 12.1. The zero-order valence-electron chi connectivity index (χ0n) is 10.5. The Morgan fingerprint density at radius 1 is 1.21 bits per heavy atom. The van der Waals surface area contributed by atoms with Gasteiger partial charge in [0.15, 0.2) is 12.4 Å². The second kappa shape index (κ2) is 4.99. The summed E-state index contributed by atoms with van der Waals surface area (Å²) in [7, 11) is 0. The van der Waals surface area contributed by atoms with Crippen LogP contribution < -0.4 is 10.1 Å². The van der Waals surface area contributed by atoms with Crippen molar-refractivity contribution in [1.29, 1.82) is 0 Å². The summed E-state index contributed by atoms with van der Waals surface area (Å²) in [5.74, 6) is -0.270. The molecule has 0 aromatic heterocycles. The van der Waals surface area contributed by atoms with Gasteiger partial charge in [0, 0.05) is 11.8 Å². The zero-order valence-corrected chi connectivity index (χ0v) is 10.5. The van der Waals surface area contributed by atoms with E-state index in [0.717, 1.165) is 31.4 Å². The Balaban J connectivity index is 1.93. The van der Waals surface area contributed by atoms with Gasteiger partial charge in [0.05, 0.1) is 5.69 Å². The summed E-state index contributed by atoms with van der Waals surface area (Å²) >= 11 is 0. The van der Waals surface area contributed by atoms with Gasteiger partial charge in [-0.2, -0.15) is 0 Å². The van der Waals surface area contributed by atoms with Gasteiger partial charge in [-0.15, -0.1) is 0 Å². The topological polar surface area (TPSA) is 50.7 Å². The summed E-state index contributed by atoms with van der Waals surface area (Å²) in [5, 5.41) is 2.66. The number of rotatable bonds is 1. The lowest BCUT2D eigenvalue weighted by Gasteiger charge is -2.19. The Morgan fingerprint density at radius 3 is 2.79 bits per heavy atom. The first-order valence-electron chi connectivity index (χ1n) is 6.55. The first-order chi connectivity index (χ1) is 9.22. The first-order valence-corrected chi connectivity index (χ1v) is 6.55. The number of anilines is 1.